The van der Waals surface area contributed by atoms with E-state index in [0.717, 1.165) is 5.56 Å². The standard InChI is InChI=1S/C15H18N2O3S/c1-11(15(18)19-2)9-21-10-14-16-13(17-20-14)8-12-6-4-3-5-7-12/h3-7,11H,8-10H2,1-2H3/t11-/m1/s1. The maximum Gasteiger partial charge on any atom is 0.309 e. The average Bonchev–Trinajstić information content (AvgIpc) is 2.94. The highest BCUT2D eigenvalue weighted by molar-refractivity contribution is 7.98. The number of rotatable bonds is 7. The van der Waals surface area contributed by atoms with Crippen molar-refractivity contribution in [1.82, 2.24) is 10.1 Å². The van der Waals surface area contributed by atoms with Gasteiger partial charge in [0.05, 0.1) is 18.8 Å². The van der Waals surface area contributed by atoms with Crippen LogP contribution in [0.3, 0.4) is 0 Å². The number of thioether (sulfide) groups is 1. The molecule has 0 saturated heterocycles. The zero-order chi connectivity index (χ0) is 15.1. The van der Waals surface area contributed by atoms with E-state index in [0.29, 0.717) is 29.6 Å². The Kier molecular flexibility index (Phi) is 5.80. The van der Waals surface area contributed by atoms with Gasteiger partial charge in [0, 0.05) is 12.2 Å². The summed E-state index contributed by atoms with van der Waals surface area (Å²) in [4.78, 5) is 15.6. The number of methoxy groups -OCH3 is 1. The summed E-state index contributed by atoms with van der Waals surface area (Å²) in [5.74, 6) is 2.21. The van der Waals surface area contributed by atoms with Crippen LogP contribution in [0.5, 0.6) is 0 Å². The van der Waals surface area contributed by atoms with Gasteiger partial charge in [-0.3, -0.25) is 4.79 Å². The normalized spacial score (nSPS) is 12.1. The van der Waals surface area contributed by atoms with E-state index in [2.05, 4.69) is 14.9 Å². The number of aromatic nitrogens is 2. The summed E-state index contributed by atoms with van der Waals surface area (Å²) in [5.41, 5.74) is 1.15. The van der Waals surface area contributed by atoms with E-state index in [9.17, 15) is 4.79 Å². The van der Waals surface area contributed by atoms with Crippen molar-refractivity contribution in [2.24, 2.45) is 5.92 Å². The van der Waals surface area contributed by atoms with Crippen molar-refractivity contribution in [3.8, 4) is 0 Å². The van der Waals surface area contributed by atoms with Crippen molar-refractivity contribution in [2.75, 3.05) is 12.9 Å². The van der Waals surface area contributed by atoms with Crippen LogP contribution in [0.25, 0.3) is 0 Å². The molecule has 0 fully saturated rings. The molecule has 2 rings (SSSR count). The van der Waals surface area contributed by atoms with Gasteiger partial charge >= 0.3 is 5.97 Å². The maximum absolute atomic E-state index is 11.3. The SMILES string of the molecule is COC(=O)[C@H](C)CSCc1nc(Cc2ccccc2)no1. The van der Waals surface area contributed by atoms with Crippen LogP contribution in [-0.4, -0.2) is 29.0 Å². The topological polar surface area (TPSA) is 65.2 Å². The number of nitrogens with zero attached hydrogens (tertiary/aromatic N) is 2. The number of carbonyl (C=O) groups is 1. The Balaban J connectivity index is 1.79. The van der Waals surface area contributed by atoms with Crippen LogP contribution >= 0.6 is 11.8 Å². The highest BCUT2D eigenvalue weighted by Gasteiger charge is 2.14. The summed E-state index contributed by atoms with van der Waals surface area (Å²) in [6, 6.07) is 10.0. The van der Waals surface area contributed by atoms with Crippen molar-refractivity contribution in [3.63, 3.8) is 0 Å². The van der Waals surface area contributed by atoms with Crippen molar-refractivity contribution >= 4 is 17.7 Å². The van der Waals surface area contributed by atoms with Crippen molar-refractivity contribution < 1.29 is 14.1 Å². The number of carbonyl (C=O) groups excluding carboxylic acids is 1. The van der Waals surface area contributed by atoms with Gasteiger partial charge in [0.1, 0.15) is 0 Å². The largest absolute Gasteiger partial charge is 0.469 e. The second-order valence-corrected chi connectivity index (χ2v) is 5.74. The second kappa shape index (κ2) is 7.83. The molecule has 1 atom stereocenters. The summed E-state index contributed by atoms with van der Waals surface area (Å²) >= 11 is 1.58. The van der Waals surface area contributed by atoms with Gasteiger partial charge in [-0.15, -0.1) is 0 Å². The number of hydrogen-bond acceptors (Lipinski definition) is 6. The van der Waals surface area contributed by atoms with Gasteiger partial charge in [-0.2, -0.15) is 16.7 Å². The molecule has 1 heterocycles. The fourth-order valence-electron chi connectivity index (χ4n) is 1.79. The molecule has 0 N–H and O–H groups in total. The molecule has 2 aromatic rings. The van der Waals surface area contributed by atoms with Crippen LogP contribution in [0.2, 0.25) is 0 Å². The molecule has 0 spiro atoms. The minimum atomic E-state index is -0.196. The number of benzene rings is 1. The Labute approximate surface area is 128 Å². The van der Waals surface area contributed by atoms with Gasteiger partial charge < -0.3 is 9.26 Å². The summed E-state index contributed by atoms with van der Waals surface area (Å²) in [7, 11) is 1.40. The van der Waals surface area contributed by atoms with E-state index in [1.165, 1.54) is 7.11 Å². The molecule has 0 aliphatic rings. The maximum atomic E-state index is 11.3. The van der Waals surface area contributed by atoms with E-state index in [1.807, 2.05) is 37.3 Å². The first-order chi connectivity index (χ1) is 10.2. The van der Waals surface area contributed by atoms with E-state index < -0.39 is 0 Å². The van der Waals surface area contributed by atoms with Gasteiger partial charge in [-0.25, -0.2) is 0 Å². The summed E-state index contributed by atoms with van der Waals surface area (Å²) < 4.78 is 9.89. The third kappa shape index (κ3) is 4.90. The van der Waals surface area contributed by atoms with Gasteiger partial charge in [0.25, 0.3) is 0 Å². The highest BCUT2D eigenvalue weighted by Crippen LogP contribution is 2.16. The summed E-state index contributed by atoms with van der Waals surface area (Å²) in [6.45, 7) is 1.84. The number of hydrogen-bond donors (Lipinski definition) is 0. The van der Waals surface area contributed by atoms with Crippen LogP contribution in [0.1, 0.15) is 24.2 Å². The second-order valence-electron chi connectivity index (χ2n) is 4.71. The molecule has 0 unspecified atom stereocenters. The summed E-state index contributed by atoms with van der Waals surface area (Å²) in [5, 5.41) is 3.97. The zero-order valence-corrected chi connectivity index (χ0v) is 12.9. The molecule has 112 valence electrons. The van der Waals surface area contributed by atoms with Crippen molar-refractivity contribution in [2.45, 2.75) is 19.1 Å². The van der Waals surface area contributed by atoms with Gasteiger partial charge in [-0.1, -0.05) is 42.4 Å². The van der Waals surface area contributed by atoms with Crippen LogP contribution < -0.4 is 0 Å². The van der Waals surface area contributed by atoms with Crippen LogP contribution in [0.15, 0.2) is 34.9 Å². The third-order valence-corrected chi connectivity index (χ3v) is 4.10. The van der Waals surface area contributed by atoms with E-state index >= 15 is 0 Å². The third-order valence-electron chi connectivity index (χ3n) is 2.91. The Bertz CT molecular complexity index is 571. The molecular formula is C15H18N2O3S. The quantitative estimate of drug-likeness (QED) is 0.733. The summed E-state index contributed by atoms with van der Waals surface area (Å²) in [6.07, 6.45) is 0.660. The molecule has 1 aromatic carbocycles. The molecular weight excluding hydrogens is 288 g/mol. The van der Waals surface area contributed by atoms with Crippen molar-refractivity contribution in [3.05, 3.63) is 47.6 Å². The Morgan fingerprint density at radius 2 is 2.14 bits per heavy atom. The van der Waals surface area contributed by atoms with Crippen LogP contribution in [0.4, 0.5) is 0 Å². The molecule has 21 heavy (non-hydrogen) atoms. The molecule has 0 bridgehead atoms. The molecule has 6 heteroatoms. The average molecular weight is 306 g/mol. The first kappa shape index (κ1) is 15.6. The fraction of sp³-hybridized carbons (Fsp3) is 0.400. The smallest absolute Gasteiger partial charge is 0.309 e. The lowest BCUT2D eigenvalue weighted by molar-refractivity contribution is -0.143. The Morgan fingerprint density at radius 3 is 2.86 bits per heavy atom. The fourth-order valence-corrected chi connectivity index (χ4v) is 2.69. The lowest BCUT2D eigenvalue weighted by Gasteiger charge is -2.06. The monoisotopic (exact) mass is 306 g/mol. The molecule has 5 nitrogen and oxygen atoms in total. The van der Waals surface area contributed by atoms with Gasteiger partial charge in [0.2, 0.25) is 5.89 Å². The molecule has 1 aromatic heterocycles. The first-order valence-electron chi connectivity index (χ1n) is 6.70. The lowest BCUT2D eigenvalue weighted by Crippen LogP contribution is -2.14. The predicted molar refractivity (Wildman–Crippen MR) is 80.9 cm³/mol. The molecule has 0 aliphatic heterocycles. The van der Waals surface area contributed by atoms with Crippen LogP contribution in [0, 0.1) is 5.92 Å². The van der Waals surface area contributed by atoms with Crippen molar-refractivity contribution in [1.29, 1.82) is 0 Å². The minimum Gasteiger partial charge on any atom is -0.469 e. The number of ether oxygens (including phenoxy) is 1. The van der Waals surface area contributed by atoms with E-state index in [1.54, 1.807) is 11.8 Å². The minimum absolute atomic E-state index is 0.133. The van der Waals surface area contributed by atoms with E-state index in [4.69, 9.17) is 4.52 Å². The Hall–Kier alpha value is -1.82. The molecule has 0 amide bonds. The van der Waals surface area contributed by atoms with Gasteiger partial charge in [0.15, 0.2) is 5.82 Å². The van der Waals surface area contributed by atoms with Gasteiger partial charge in [-0.05, 0) is 5.56 Å². The van der Waals surface area contributed by atoms with E-state index in [-0.39, 0.29) is 11.9 Å². The lowest BCUT2D eigenvalue weighted by atomic mass is 10.1. The zero-order valence-electron chi connectivity index (χ0n) is 12.1. The molecule has 0 saturated carbocycles. The van der Waals surface area contributed by atoms with Crippen LogP contribution in [-0.2, 0) is 21.7 Å². The molecule has 0 aliphatic carbocycles. The predicted octanol–water partition coefficient (Wildman–Crippen LogP) is 2.70. The number of esters is 1. The molecule has 0 radical (unpaired) electrons. The highest BCUT2D eigenvalue weighted by atomic mass is 32.2. The first-order valence-corrected chi connectivity index (χ1v) is 7.85. The Morgan fingerprint density at radius 1 is 1.38 bits per heavy atom.